The van der Waals surface area contributed by atoms with Crippen molar-refractivity contribution in [3.63, 3.8) is 0 Å². The lowest BCUT2D eigenvalue weighted by Gasteiger charge is -2.02. The molecule has 0 bridgehead atoms. The van der Waals surface area contributed by atoms with Crippen LogP contribution in [0.1, 0.15) is 20.9 Å². The molecule has 0 radical (unpaired) electrons. The molecule has 1 amide bonds. The zero-order valence-corrected chi connectivity index (χ0v) is 13.4. The van der Waals surface area contributed by atoms with Crippen LogP contribution in [0.4, 0.5) is 16.5 Å². The van der Waals surface area contributed by atoms with Crippen molar-refractivity contribution in [1.82, 2.24) is 4.98 Å². The highest BCUT2D eigenvalue weighted by Crippen LogP contribution is 2.26. The number of carboxylic acids is 1. The highest BCUT2D eigenvalue weighted by Gasteiger charge is 2.21. The number of carbonyl (C=O) groups is 2. The third kappa shape index (κ3) is 4.32. The van der Waals surface area contributed by atoms with E-state index < -0.39 is 33.1 Å². The summed E-state index contributed by atoms with van der Waals surface area (Å²) in [6, 6.07) is 2.55. The van der Waals surface area contributed by atoms with E-state index in [0.29, 0.717) is 10.6 Å². The first-order valence-corrected chi connectivity index (χ1v) is 7.42. The van der Waals surface area contributed by atoms with E-state index >= 15 is 0 Å². The van der Waals surface area contributed by atoms with Crippen LogP contribution in [0.5, 0.6) is 0 Å². The Morgan fingerprint density at radius 1 is 1.20 bits per heavy atom. The van der Waals surface area contributed by atoms with Crippen LogP contribution in [0, 0.1) is 27.2 Å². The third-order valence-electron chi connectivity index (χ3n) is 3.01. The number of nitrogens with one attached hydrogen (secondary N) is 1. The van der Waals surface area contributed by atoms with E-state index in [-0.39, 0.29) is 17.1 Å². The van der Waals surface area contributed by atoms with E-state index in [1.165, 1.54) is 0 Å². The lowest BCUT2D eigenvalue weighted by Crippen LogP contribution is -2.12. The van der Waals surface area contributed by atoms with Gasteiger partial charge in [0.05, 0.1) is 33.6 Å². The summed E-state index contributed by atoms with van der Waals surface area (Å²) in [5.41, 5.74) is -1.05. The van der Waals surface area contributed by atoms with Crippen LogP contribution in [0.15, 0.2) is 18.2 Å². The number of aryl methyl sites for hydroxylation is 1. The van der Waals surface area contributed by atoms with Crippen LogP contribution in [-0.4, -0.2) is 31.8 Å². The van der Waals surface area contributed by atoms with Crippen LogP contribution in [0.3, 0.4) is 0 Å². The largest absolute Gasteiger partial charge is 0.481 e. The number of nitro groups is 2. The molecule has 2 N–H and O–H groups in total. The summed E-state index contributed by atoms with van der Waals surface area (Å²) in [6.07, 6.45) is -0.262. The summed E-state index contributed by atoms with van der Waals surface area (Å²) < 4.78 is 0. The standard InChI is InChI=1S/C13H10N4O7S/c1-6-10(5-11(18)19)25-13(14-6)15-12(20)7-2-8(16(21)22)4-9(3-7)17(23)24/h2-4H,5H2,1H3,(H,18,19)(H,14,15,20). The fourth-order valence-corrected chi connectivity index (χ4v) is 2.84. The number of carboxylic acid groups (broad SMARTS) is 1. The number of carbonyl (C=O) groups excluding carboxylic acids is 1. The smallest absolute Gasteiger partial charge is 0.308 e. The van der Waals surface area contributed by atoms with Crippen molar-refractivity contribution in [2.75, 3.05) is 5.32 Å². The van der Waals surface area contributed by atoms with Gasteiger partial charge in [0.1, 0.15) is 0 Å². The molecule has 1 aromatic heterocycles. The minimum Gasteiger partial charge on any atom is -0.481 e. The maximum atomic E-state index is 12.2. The second-order valence-corrected chi connectivity index (χ2v) is 5.89. The van der Waals surface area contributed by atoms with Crippen molar-refractivity contribution in [3.05, 3.63) is 54.6 Å². The fraction of sp³-hybridized carbons (Fsp3) is 0.154. The molecule has 11 nitrogen and oxygen atoms in total. The monoisotopic (exact) mass is 366 g/mol. The van der Waals surface area contributed by atoms with Gasteiger partial charge in [-0.05, 0) is 6.92 Å². The molecule has 0 aliphatic heterocycles. The lowest BCUT2D eigenvalue weighted by molar-refractivity contribution is -0.394. The van der Waals surface area contributed by atoms with E-state index in [1.807, 2.05) is 0 Å². The molecule has 0 atom stereocenters. The Kier molecular flexibility index (Phi) is 5.02. The fourth-order valence-electron chi connectivity index (χ4n) is 1.89. The first-order chi connectivity index (χ1) is 11.7. The summed E-state index contributed by atoms with van der Waals surface area (Å²) in [6.45, 7) is 1.57. The maximum Gasteiger partial charge on any atom is 0.308 e. The van der Waals surface area contributed by atoms with E-state index in [1.54, 1.807) is 6.92 Å². The summed E-state index contributed by atoms with van der Waals surface area (Å²) in [4.78, 5) is 47.4. The topological polar surface area (TPSA) is 166 Å². The quantitative estimate of drug-likeness (QED) is 0.579. The van der Waals surface area contributed by atoms with Gasteiger partial charge in [0.2, 0.25) is 0 Å². The molecule has 0 aliphatic rings. The number of nitro benzene ring substituents is 2. The number of nitrogens with zero attached hydrogens (tertiary/aromatic N) is 3. The zero-order valence-electron chi connectivity index (χ0n) is 12.6. The maximum absolute atomic E-state index is 12.2. The number of aliphatic carboxylic acids is 1. The van der Waals surface area contributed by atoms with Crippen molar-refractivity contribution in [1.29, 1.82) is 0 Å². The van der Waals surface area contributed by atoms with Gasteiger partial charge in [-0.3, -0.25) is 35.1 Å². The van der Waals surface area contributed by atoms with E-state index in [0.717, 1.165) is 29.5 Å². The first kappa shape index (κ1) is 17.9. The number of thiazole rings is 1. The van der Waals surface area contributed by atoms with Crippen molar-refractivity contribution >= 4 is 39.7 Å². The highest BCUT2D eigenvalue weighted by molar-refractivity contribution is 7.16. The van der Waals surface area contributed by atoms with E-state index in [2.05, 4.69) is 10.3 Å². The normalized spacial score (nSPS) is 10.3. The number of hydrogen-bond donors (Lipinski definition) is 2. The first-order valence-electron chi connectivity index (χ1n) is 6.60. The Hall–Kier alpha value is -3.41. The van der Waals surface area contributed by atoms with Gasteiger partial charge < -0.3 is 5.11 Å². The average Bonchev–Trinajstić information content (AvgIpc) is 2.85. The van der Waals surface area contributed by atoms with Gasteiger partial charge >= 0.3 is 5.97 Å². The molecule has 0 saturated heterocycles. The molecule has 0 spiro atoms. The van der Waals surface area contributed by atoms with Crippen LogP contribution in [-0.2, 0) is 11.2 Å². The van der Waals surface area contributed by atoms with Crippen molar-refractivity contribution in [3.8, 4) is 0 Å². The SMILES string of the molecule is Cc1nc(NC(=O)c2cc([N+](=O)[O-])cc([N+](=O)[O-])c2)sc1CC(=O)O. The molecule has 0 unspecified atom stereocenters. The van der Waals surface area contributed by atoms with Gasteiger partial charge in [-0.25, -0.2) is 4.98 Å². The van der Waals surface area contributed by atoms with E-state index in [9.17, 15) is 29.8 Å². The average molecular weight is 366 g/mol. The minimum absolute atomic E-state index is 0.0907. The number of hydrogen-bond acceptors (Lipinski definition) is 8. The number of aromatic nitrogens is 1. The molecule has 1 heterocycles. The molecule has 25 heavy (non-hydrogen) atoms. The third-order valence-corrected chi connectivity index (χ3v) is 4.08. The number of amides is 1. The number of rotatable bonds is 6. The second-order valence-electron chi connectivity index (χ2n) is 4.80. The Balaban J connectivity index is 2.30. The predicted octanol–water partition coefficient (Wildman–Crippen LogP) is 2.15. The molecule has 130 valence electrons. The predicted molar refractivity (Wildman–Crippen MR) is 85.9 cm³/mol. The van der Waals surface area contributed by atoms with Gasteiger partial charge in [0, 0.05) is 17.0 Å². The van der Waals surface area contributed by atoms with Gasteiger partial charge in [-0.1, -0.05) is 0 Å². The Morgan fingerprint density at radius 3 is 2.24 bits per heavy atom. The summed E-state index contributed by atoms with van der Waals surface area (Å²) >= 11 is 0.940. The lowest BCUT2D eigenvalue weighted by atomic mass is 10.1. The molecule has 0 aliphatic carbocycles. The molecule has 2 rings (SSSR count). The molecular weight excluding hydrogens is 356 g/mol. The summed E-state index contributed by atoms with van der Waals surface area (Å²) in [5.74, 6) is -1.89. The molecule has 1 aromatic carbocycles. The highest BCUT2D eigenvalue weighted by atomic mass is 32.1. The molecular formula is C13H10N4O7S. The Bertz CT molecular complexity index is 860. The number of anilines is 1. The van der Waals surface area contributed by atoms with Gasteiger partial charge in [-0.15, -0.1) is 11.3 Å². The van der Waals surface area contributed by atoms with Crippen LogP contribution >= 0.6 is 11.3 Å². The molecule has 12 heteroatoms. The van der Waals surface area contributed by atoms with Crippen molar-refractivity contribution < 1.29 is 24.5 Å². The van der Waals surface area contributed by atoms with Crippen molar-refractivity contribution in [2.45, 2.75) is 13.3 Å². The Morgan fingerprint density at radius 2 is 1.76 bits per heavy atom. The van der Waals surface area contributed by atoms with Crippen LogP contribution in [0.2, 0.25) is 0 Å². The van der Waals surface area contributed by atoms with Crippen molar-refractivity contribution in [2.24, 2.45) is 0 Å². The molecule has 0 fully saturated rings. The molecule has 0 saturated carbocycles. The van der Waals surface area contributed by atoms with Gasteiger partial charge in [-0.2, -0.15) is 0 Å². The molecule has 2 aromatic rings. The Labute approximate surface area is 143 Å². The van der Waals surface area contributed by atoms with Gasteiger partial charge in [0.25, 0.3) is 17.3 Å². The minimum atomic E-state index is -1.06. The summed E-state index contributed by atoms with van der Waals surface area (Å²) in [5, 5.41) is 32.9. The van der Waals surface area contributed by atoms with Gasteiger partial charge in [0.15, 0.2) is 5.13 Å². The summed E-state index contributed by atoms with van der Waals surface area (Å²) in [7, 11) is 0. The number of benzene rings is 1. The van der Waals surface area contributed by atoms with Crippen LogP contribution < -0.4 is 5.32 Å². The zero-order chi connectivity index (χ0) is 18.7. The second kappa shape index (κ2) is 7.00. The number of non-ortho nitro benzene ring substituents is 2. The van der Waals surface area contributed by atoms with Crippen LogP contribution in [0.25, 0.3) is 0 Å². The van der Waals surface area contributed by atoms with E-state index in [4.69, 9.17) is 5.11 Å².